The van der Waals surface area contributed by atoms with Gasteiger partial charge < -0.3 is 14.6 Å². The van der Waals surface area contributed by atoms with Crippen LogP contribution in [0.15, 0.2) is 28.8 Å². The van der Waals surface area contributed by atoms with E-state index in [9.17, 15) is 22.8 Å². The summed E-state index contributed by atoms with van der Waals surface area (Å²) in [6, 6.07) is 5.62. The van der Waals surface area contributed by atoms with Gasteiger partial charge in [-0.15, -0.1) is 0 Å². The van der Waals surface area contributed by atoms with Gasteiger partial charge in [0.15, 0.2) is 0 Å². The quantitative estimate of drug-likeness (QED) is 0.868. The second kappa shape index (κ2) is 5.73. The predicted molar refractivity (Wildman–Crippen MR) is 63.1 cm³/mol. The topological polar surface area (TPSA) is 85.1 Å². The number of nitrogens with zero attached hydrogens (tertiary/aromatic N) is 2. The van der Waals surface area contributed by atoms with Crippen LogP contribution in [0.4, 0.5) is 13.2 Å². The van der Waals surface area contributed by atoms with Crippen LogP contribution in [-0.2, 0) is 11.0 Å². The number of carbonyl (C=O) groups is 2. The number of nitrogens with one attached hydrogen (secondary N) is 1. The molecule has 0 fully saturated rings. The van der Waals surface area contributed by atoms with E-state index in [1.165, 1.54) is 24.3 Å². The fourth-order valence-corrected chi connectivity index (χ4v) is 1.49. The van der Waals surface area contributed by atoms with Crippen LogP contribution in [0, 0.1) is 0 Å². The Labute approximate surface area is 116 Å². The normalized spacial score (nSPS) is 11.2. The summed E-state index contributed by atoms with van der Waals surface area (Å²) in [5.41, 5.74) is 0.348. The minimum absolute atomic E-state index is 0.160. The molecule has 0 radical (unpaired) electrons. The molecule has 0 aliphatic carbocycles. The van der Waals surface area contributed by atoms with Gasteiger partial charge in [-0.3, -0.25) is 4.79 Å². The Morgan fingerprint density at radius 1 is 1.38 bits per heavy atom. The number of hydrogen-bond donors (Lipinski definition) is 1. The molecule has 0 atom stereocenters. The molecule has 0 aliphatic heterocycles. The van der Waals surface area contributed by atoms with Crippen LogP contribution < -0.4 is 5.32 Å². The van der Waals surface area contributed by atoms with Crippen LogP contribution in [0.1, 0.15) is 16.2 Å². The van der Waals surface area contributed by atoms with Gasteiger partial charge in [0.05, 0.1) is 6.54 Å². The number of benzene rings is 1. The largest absolute Gasteiger partial charge is 0.471 e. The van der Waals surface area contributed by atoms with Crippen molar-refractivity contribution >= 4 is 12.2 Å². The molecule has 2 rings (SSSR count). The molecule has 1 amide bonds. The molecule has 6 nitrogen and oxygen atoms in total. The summed E-state index contributed by atoms with van der Waals surface area (Å²) in [4.78, 5) is 25.0. The Bertz CT molecular complexity index is 667. The van der Waals surface area contributed by atoms with E-state index in [4.69, 9.17) is 0 Å². The standard InChI is InChI=1S/C12H8F3N3O3/c13-12(14,15)11-17-9(18-21-11)7-2-1-3-8(6-7)10(20)16-4-5-19/h1-3,5-6H,4H2,(H,16,20). The molecule has 9 heteroatoms. The third kappa shape index (κ3) is 3.44. The number of amides is 1. The van der Waals surface area contributed by atoms with Crippen molar-refractivity contribution in [1.82, 2.24) is 15.5 Å². The number of carbonyl (C=O) groups excluding carboxylic acids is 2. The fourth-order valence-electron chi connectivity index (χ4n) is 1.49. The average Bonchev–Trinajstić information content (AvgIpc) is 2.95. The predicted octanol–water partition coefficient (Wildman–Crippen LogP) is 1.68. The summed E-state index contributed by atoms with van der Waals surface area (Å²) in [6.07, 6.45) is -4.22. The molecule has 0 aliphatic rings. The molecule has 2 aromatic rings. The maximum absolute atomic E-state index is 12.4. The van der Waals surface area contributed by atoms with Crippen molar-refractivity contribution in [2.24, 2.45) is 0 Å². The molecule has 110 valence electrons. The summed E-state index contributed by atoms with van der Waals surface area (Å²) >= 11 is 0. The van der Waals surface area contributed by atoms with Crippen molar-refractivity contribution in [2.45, 2.75) is 6.18 Å². The first-order valence-corrected chi connectivity index (χ1v) is 5.65. The first-order chi connectivity index (χ1) is 9.91. The number of aromatic nitrogens is 2. The van der Waals surface area contributed by atoms with Crippen molar-refractivity contribution in [3.63, 3.8) is 0 Å². The van der Waals surface area contributed by atoms with Gasteiger partial charge in [-0.2, -0.15) is 18.2 Å². The SMILES string of the molecule is O=CCNC(=O)c1cccc(-c2noc(C(F)(F)F)n2)c1. The van der Waals surface area contributed by atoms with Crippen LogP contribution >= 0.6 is 0 Å². The maximum Gasteiger partial charge on any atom is 0.471 e. The lowest BCUT2D eigenvalue weighted by molar-refractivity contribution is -0.159. The summed E-state index contributed by atoms with van der Waals surface area (Å²) < 4.78 is 41.2. The Morgan fingerprint density at radius 3 is 2.76 bits per heavy atom. The van der Waals surface area contributed by atoms with Crippen molar-refractivity contribution in [3.05, 3.63) is 35.7 Å². The van der Waals surface area contributed by atoms with Crippen molar-refractivity contribution in [3.8, 4) is 11.4 Å². The number of aldehydes is 1. The lowest BCUT2D eigenvalue weighted by atomic mass is 10.1. The molecule has 0 unspecified atom stereocenters. The highest BCUT2D eigenvalue weighted by atomic mass is 19.4. The number of rotatable bonds is 4. The molecule has 0 bridgehead atoms. The summed E-state index contributed by atoms with van der Waals surface area (Å²) in [5, 5.41) is 5.53. The first kappa shape index (κ1) is 14.7. The molecule has 1 aromatic carbocycles. The van der Waals surface area contributed by atoms with Crippen molar-refractivity contribution in [1.29, 1.82) is 0 Å². The Morgan fingerprint density at radius 2 is 2.14 bits per heavy atom. The van der Waals surface area contributed by atoms with Crippen LogP contribution in [-0.4, -0.2) is 28.9 Å². The lowest BCUT2D eigenvalue weighted by Crippen LogP contribution is -2.25. The van der Waals surface area contributed by atoms with E-state index in [0.29, 0.717) is 6.29 Å². The zero-order valence-corrected chi connectivity index (χ0v) is 10.3. The molecule has 1 N–H and O–H groups in total. The van der Waals surface area contributed by atoms with Gasteiger partial charge in [0.2, 0.25) is 5.82 Å². The van der Waals surface area contributed by atoms with E-state index >= 15 is 0 Å². The van der Waals surface area contributed by atoms with E-state index < -0.39 is 18.0 Å². The van der Waals surface area contributed by atoms with E-state index in [0.717, 1.165) is 0 Å². The third-order valence-corrected chi connectivity index (χ3v) is 2.40. The average molecular weight is 299 g/mol. The smallest absolute Gasteiger partial charge is 0.345 e. The monoisotopic (exact) mass is 299 g/mol. The van der Waals surface area contributed by atoms with Gasteiger partial charge in [-0.05, 0) is 12.1 Å². The van der Waals surface area contributed by atoms with Gasteiger partial charge in [-0.25, -0.2) is 0 Å². The second-order valence-corrected chi connectivity index (χ2v) is 3.88. The lowest BCUT2D eigenvalue weighted by Gasteiger charge is -2.02. The molecule has 21 heavy (non-hydrogen) atoms. The highest BCUT2D eigenvalue weighted by Crippen LogP contribution is 2.29. The van der Waals surface area contributed by atoms with Crippen molar-refractivity contribution in [2.75, 3.05) is 6.54 Å². The van der Waals surface area contributed by atoms with Gasteiger partial charge in [0.1, 0.15) is 6.29 Å². The van der Waals surface area contributed by atoms with E-state index in [2.05, 4.69) is 20.0 Å². The van der Waals surface area contributed by atoms with E-state index in [1.54, 1.807) is 0 Å². The van der Waals surface area contributed by atoms with E-state index in [-0.39, 0.29) is 23.5 Å². The fraction of sp³-hybridized carbons (Fsp3) is 0.167. The molecule has 1 heterocycles. The maximum atomic E-state index is 12.4. The number of halogens is 3. The first-order valence-electron chi connectivity index (χ1n) is 5.65. The zero-order valence-electron chi connectivity index (χ0n) is 10.3. The molecule has 0 spiro atoms. The van der Waals surface area contributed by atoms with Crippen LogP contribution in [0.3, 0.4) is 0 Å². The van der Waals surface area contributed by atoms with Crippen molar-refractivity contribution < 1.29 is 27.3 Å². The van der Waals surface area contributed by atoms with Gasteiger partial charge in [0.25, 0.3) is 5.91 Å². The minimum atomic E-state index is -4.73. The molecular formula is C12H8F3N3O3. The van der Waals surface area contributed by atoms with Gasteiger partial charge in [0, 0.05) is 11.1 Å². The Kier molecular flexibility index (Phi) is 4.01. The Balaban J connectivity index is 2.27. The van der Waals surface area contributed by atoms with Crippen LogP contribution in [0.25, 0.3) is 11.4 Å². The molecule has 0 saturated carbocycles. The minimum Gasteiger partial charge on any atom is -0.345 e. The number of hydrogen-bond acceptors (Lipinski definition) is 5. The Hall–Kier alpha value is -2.71. The summed E-state index contributed by atoms with van der Waals surface area (Å²) in [5.74, 6) is -2.29. The van der Waals surface area contributed by atoms with Gasteiger partial charge in [-0.1, -0.05) is 17.3 Å². The summed E-state index contributed by atoms with van der Waals surface area (Å²) in [7, 11) is 0. The third-order valence-electron chi connectivity index (χ3n) is 2.40. The highest BCUT2D eigenvalue weighted by Gasteiger charge is 2.38. The van der Waals surface area contributed by atoms with Crippen LogP contribution in [0.2, 0.25) is 0 Å². The molecule has 1 aromatic heterocycles. The number of alkyl halides is 3. The van der Waals surface area contributed by atoms with Crippen LogP contribution in [0.5, 0.6) is 0 Å². The van der Waals surface area contributed by atoms with Gasteiger partial charge >= 0.3 is 12.1 Å². The van der Waals surface area contributed by atoms with E-state index in [1.807, 2.05) is 0 Å². The highest BCUT2D eigenvalue weighted by molar-refractivity contribution is 5.96. The molecular weight excluding hydrogens is 291 g/mol. The summed E-state index contributed by atoms with van der Waals surface area (Å²) in [6.45, 7) is -0.163. The zero-order chi connectivity index (χ0) is 15.5. The molecule has 0 saturated heterocycles. The second-order valence-electron chi connectivity index (χ2n) is 3.88.